The smallest absolute Gasteiger partial charge is 0.174 e. The van der Waals surface area contributed by atoms with Gasteiger partial charge in [-0.05, 0) is 111 Å². The first-order valence-electron chi connectivity index (χ1n) is 16.5. The molecule has 2 aromatic carbocycles. The van der Waals surface area contributed by atoms with E-state index in [1.54, 1.807) is 0 Å². The number of ether oxygens (including phenoxy) is 1. The molecule has 0 radical (unpaired) electrons. The predicted octanol–water partition coefficient (Wildman–Crippen LogP) is 7.64. The molecule has 5 heterocycles. The Morgan fingerprint density at radius 3 is 2.24 bits per heavy atom. The molecule has 7 nitrogen and oxygen atoms in total. The maximum Gasteiger partial charge on any atom is 0.174 e. The zero-order chi connectivity index (χ0) is 31.9. The molecule has 2 aromatic heterocycles. The van der Waals surface area contributed by atoms with Crippen LogP contribution in [0.5, 0.6) is 0 Å². The van der Waals surface area contributed by atoms with Crippen LogP contribution in [0.1, 0.15) is 55.0 Å². The summed E-state index contributed by atoms with van der Waals surface area (Å²) in [5, 5.41) is 5.06. The van der Waals surface area contributed by atoms with Gasteiger partial charge in [-0.2, -0.15) is 0 Å². The first-order chi connectivity index (χ1) is 22.3. The van der Waals surface area contributed by atoms with E-state index >= 15 is 0 Å². The van der Waals surface area contributed by atoms with Gasteiger partial charge in [0.25, 0.3) is 0 Å². The molecule has 9 heteroatoms. The van der Waals surface area contributed by atoms with E-state index in [4.69, 9.17) is 33.5 Å². The lowest BCUT2D eigenvalue weighted by molar-refractivity contribution is 0.122. The number of hydrogen-bond acceptors (Lipinski definition) is 5. The highest BCUT2D eigenvalue weighted by Crippen LogP contribution is 2.45. The molecular weight excluding hydrogens is 612 g/mol. The van der Waals surface area contributed by atoms with E-state index in [1.165, 1.54) is 29.1 Å². The molecule has 240 valence electrons. The standard InChI is InChI=1S/C37H43ClN6OS/c1-24-19-25(2)23-42(22-24)34-13-12-30(21-32(34)38)44-36(35(40-37(44)46)33-7-5-6-14-39-33)31-20-26(3)43(27(31)4)29-10-8-28(9-11-29)41-15-17-45-18-16-41/h5-14,20-21,24-25,35-36H,15-19,22-23H2,1-4H3,(H,40,46)/t24-,25-,35+,36-/m1/s1. The summed E-state index contributed by atoms with van der Waals surface area (Å²) in [7, 11) is 0. The fourth-order valence-corrected chi connectivity index (χ4v) is 8.47. The van der Waals surface area contributed by atoms with E-state index in [1.807, 2.05) is 18.3 Å². The number of piperidine rings is 1. The molecule has 0 bridgehead atoms. The van der Waals surface area contributed by atoms with E-state index in [-0.39, 0.29) is 12.1 Å². The summed E-state index contributed by atoms with van der Waals surface area (Å²) >= 11 is 13.2. The van der Waals surface area contributed by atoms with Crippen molar-refractivity contribution >= 4 is 46.0 Å². The second kappa shape index (κ2) is 12.9. The van der Waals surface area contributed by atoms with Crippen LogP contribution >= 0.6 is 23.8 Å². The largest absolute Gasteiger partial charge is 0.378 e. The summed E-state index contributed by atoms with van der Waals surface area (Å²) in [6.45, 7) is 14.5. The average molecular weight is 655 g/mol. The quantitative estimate of drug-likeness (QED) is 0.215. The van der Waals surface area contributed by atoms with Crippen molar-refractivity contribution in [3.8, 4) is 5.69 Å². The van der Waals surface area contributed by atoms with E-state index in [9.17, 15) is 0 Å². The van der Waals surface area contributed by atoms with Gasteiger partial charge in [0, 0.05) is 60.8 Å². The van der Waals surface area contributed by atoms with Gasteiger partial charge < -0.3 is 29.3 Å². The van der Waals surface area contributed by atoms with Crippen molar-refractivity contribution < 1.29 is 4.74 Å². The van der Waals surface area contributed by atoms with Crippen molar-refractivity contribution in [2.75, 3.05) is 54.1 Å². The van der Waals surface area contributed by atoms with Crippen molar-refractivity contribution in [2.45, 2.75) is 46.2 Å². The van der Waals surface area contributed by atoms with Crippen LogP contribution in [0, 0.1) is 25.7 Å². The lowest BCUT2D eigenvalue weighted by Crippen LogP contribution is -2.38. The third-order valence-electron chi connectivity index (χ3n) is 9.79. The highest BCUT2D eigenvalue weighted by atomic mass is 35.5. The van der Waals surface area contributed by atoms with E-state index < -0.39 is 0 Å². The maximum absolute atomic E-state index is 7.08. The van der Waals surface area contributed by atoms with Gasteiger partial charge in [-0.15, -0.1) is 0 Å². The number of pyridine rings is 1. The van der Waals surface area contributed by atoms with Crippen LogP contribution in [0.15, 0.2) is 72.9 Å². The molecule has 0 unspecified atom stereocenters. The molecular formula is C37H43ClN6OS. The Balaban J connectivity index is 1.26. The van der Waals surface area contributed by atoms with Crippen LogP contribution in [0.2, 0.25) is 5.02 Å². The third-order valence-corrected chi connectivity index (χ3v) is 10.4. The van der Waals surface area contributed by atoms with E-state index in [2.05, 4.69) is 107 Å². The molecule has 3 fully saturated rings. The molecule has 46 heavy (non-hydrogen) atoms. The van der Waals surface area contributed by atoms with Crippen molar-refractivity contribution in [3.05, 3.63) is 101 Å². The second-order valence-electron chi connectivity index (χ2n) is 13.3. The molecule has 4 atom stereocenters. The summed E-state index contributed by atoms with van der Waals surface area (Å²) in [6.07, 6.45) is 3.11. The van der Waals surface area contributed by atoms with E-state index in [0.717, 1.165) is 67.2 Å². The van der Waals surface area contributed by atoms with Gasteiger partial charge in [0.1, 0.15) is 0 Å². The van der Waals surface area contributed by atoms with Gasteiger partial charge in [-0.3, -0.25) is 4.98 Å². The first-order valence-corrected chi connectivity index (χ1v) is 17.2. The summed E-state index contributed by atoms with van der Waals surface area (Å²) in [5.41, 5.74) is 8.96. The lowest BCUT2D eigenvalue weighted by atomic mass is 9.91. The number of benzene rings is 2. The summed E-state index contributed by atoms with van der Waals surface area (Å²) in [6, 6.07) is 23.5. The number of halogens is 1. The number of rotatable bonds is 6. The fraction of sp³-hybridized carbons (Fsp3) is 0.405. The SMILES string of the molecule is Cc1cc([C@@H]2[C@H](c3ccccn3)NC(=S)N2c2ccc(N3C[C@H](C)C[C@@H](C)C3)c(Cl)c2)c(C)n1-c1ccc(N2CCOCC2)cc1. The number of anilines is 3. The van der Waals surface area contributed by atoms with Gasteiger partial charge in [0.2, 0.25) is 0 Å². The second-order valence-corrected chi connectivity index (χ2v) is 14.1. The lowest BCUT2D eigenvalue weighted by Gasteiger charge is -2.37. The van der Waals surface area contributed by atoms with Gasteiger partial charge in [0.05, 0.1) is 41.7 Å². The Bertz CT molecular complexity index is 1690. The minimum atomic E-state index is -0.131. The zero-order valence-electron chi connectivity index (χ0n) is 27.1. The Kier molecular flexibility index (Phi) is 8.70. The van der Waals surface area contributed by atoms with Crippen LogP contribution in [-0.4, -0.2) is 54.1 Å². The molecule has 4 aromatic rings. The van der Waals surface area contributed by atoms with Crippen molar-refractivity contribution in [1.29, 1.82) is 0 Å². The van der Waals surface area contributed by atoms with Crippen LogP contribution in [0.3, 0.4) is 0 Å². The Labute approximate surface area is 283 Å². The summed E-state index contributed by atoms with van der Waals surface area (Å²) < 4.78 is 7.91. The predicted molar refractivity (Wildman–Crippen MR) is 193 cm³/mol. The Hall–Kier alpha value is -3.59. The highest BCUT2D eigenvalue weighted by molar-refractivity contribution is 7.80. The highest BCUT2D eigenvalue weighted by Gasteiger charge is 2.42. The maximum atomic E-state index is 7.08. The van der Waals surface area contributed by atoms with Gasteiger partial charge in [-0.25, -0.2) is 0 Å². The van der Waals surface area contributed by atoms with Crippen LogP contribution in [0.25, 0.3) is 5.69 Å². The minimum Gasteiger partial charge on any atom is -0.378 e. The van der Waals surface area contributed by atoms with Gasteiger partial charge >= 0.3 is 0 Å². The number of hydrogen-bond donors (Lipinski definition) is 1. The number of thiocarbonyl (C=S) groups is 1. The Morgan fingerprint density at radius 1 is 0.870 bits per heavy atom. The molecule has 0 amide bonds. The van der Waals surface area contributed by atoms with Crippen LogP contribution in [0.4, 0.5) is 17.1 Å². The molecule has 7 rings (SSSR count). The van der Waals surface area contributed by atoms with Crippen molar-refractivity contribution in [2.24, 2.45) is 11.8 Å². The monoisotopic (exact) mass is 654 g/mol. The molecule has 3 aliphatic rings. The normalized spacial score (nSPS) is 23.6. The van der Waals surface area contributed by atoms with Crippen molar-refractivity contribution in [3.63, 3.8) is 0 Å². The number of nitrogens with zero attached hydrogens (tertiary/aromatic N) is 5. The molecule has 3 saturated heterocycles. The molecule has 0 spiro atoms. The molecule has 1 N–H and O–H groups in total. The number of aromatic nitrogens is 2. The summed E-state index contributed by atoms with van der Waals surface area (Å²) in [4.78, 5) is 11.8. The molecule has 3 aliphatic heterocycles. The third kappa shape index (κ3) is 5.87. The number of aryl methyl sites for hydroxylation is 1. The zero-order valence-corrected chi connectivity index (χ0v) is 28.7. The topological polar surface area (TPSA) is 48.8 Å². The van der Waals surface area contributed by atoms with Crippen molar-refractivity contribution in [1.82, 2.24) is 14.9 Å². The number of morpholine rings is 1. The van der Waals surface area contributed by atoms with Gasteiger partial charge in [0.15, 0.2) is 5.11 Å². The first kappa shape index (κ1) is 31.0. The number of nitrogens with one attached hydrogen (secondary N) is 1. The van der Waals surface area contributed by atoms with Crippen LogP contribution in [-0.2, 0) is 4.74 Å². The van der Waals surface area contributed by atoms with Gasteiger partial charge in [-0.1, -0.05) is 31.5 Å². The minimum absolute atomic E-state index is 0.119. The van der Waals surface area contributed by atoms with E-state index in [0.29, 0.717) is 16.9 Å². The van der Waals surface area contributed by atoms with Crippen LogP contribution < -0.4 is 20.0 Å². The Morgan fingerprint density at radius 2 is 1.57 bits per heavy atom. The fourth-order valence-electron chi connectivity index (χ4n) is 7.83. The molecule has 0 aliphatic carbocycles. The molecule has 0 saturated carbocycles. The summed E-state index contributed by atoms with van der Waals surface area (Å²) in [5.74, 6) is 1.29. The average Bonchev–Trinajstić information content (AvgIpc) is 3.55.